The number of hydrogen-bond acceptors (Lipinski definition) is 6. The lowest BCUT2D eigenvalue weighted by Crippen LogP contribution is -2.44. The van der Waals surface area contributed by atoms with Gasteiger partial charge in [0.1, 0.15) is 5.60 Å². The molecule has 0 radical (unpaired) electrons. The second kappa shape index (κ2) is 9.90. The fourth-order valence-corrected chi connectivity index (χ4v) is 3.10. The summed E-state index contributed by atoms with van der Waals surface area (Å²) in [7, 11) is 0. The molecule has 0 saturated heterocycles. The summed E-state index contributed by atoms with van der Waals surface area (Å²) in [4.78, 5) is 23.1. The van der Waals surface area contributed by atoms with Crippen LogP contribution in [0.4, 0.5) is 4.79 Å². The van der Waals surface area contributed by atoms with Gasteiger partial charge in [-0.3, -0.25) is 4.79 Å². The van der Waals surface area contributed by atoms with E-state index in [1.807, 2.05) is 0 Å². The average molecular weight is 356 g/mol. The largest absolute Gasteiger partial charge is 0.444 e. The van der Waals surface area contributed by atoms with Gasteiger partial charge < -0.3 is 14.8 Å². The Kier molecular flexibility index (Phi) is 8.57. The van der Waals surface area contributed by atoms with Gasteiger partial charge in [-0.05, 0) is 46.5 Å². The molecule has 24 heavy (non-hydrogen) atoms. The Morgan fingerprint density at radius 2 is 2.08 bits per heavy atom. The van der Waals surface area contributed by atoms with Crippen LogP contribution in [0.25, 0.3) is 0 Å². The highest BCUT2D eigenvalue weighted by Gasteiger charge is 2.25. The molecule has 0 aliphatic heterocycles. The molecule has 136 valence electrons. The van der Waals surface area contributed by atoms with Crippen LogP contribution in [0.5, 0.6) is 0 Å². The molecule has 1 fully saturated rings. The molecule has 1 N–H and O–H groups in total. The highest BCUT2D eigenvalue weighted by Crippen LogP contribution is 2.26. The van der Waals surface area contributed by atoms with Crippen LogP contribution in [0.15, 0.2) is 0 Å². The third-order valence-electron chi connectivity index (χ3n) is 3.55. The van der Waals surface area contributed by atoms with Crippen LogP contribution in [-0.2, 0) is 14.3 Å². The Labute approximate surface area is 148 Å². The number of nitriles is 1. The van der Waals surface area contributed by atoms with Gasteiger partial charge in [0.05, 0.1) is 24.8 Å². The number of nitrogens with one attached hydrogen (secondary N) is 1. The topological polar surface area (TPSA) is 88.4 Å². The Morgan fingerprint density at radius 1 is 1.38 bits per heavy atom. The molecule has 3 atom stereocenters. The summed E-state index contributed by atoms with van der Waals surface area (Å²) in [5.41, 5.74) is -0.577. The number of alkyl carbamates (subject to hydrolysis) is 1. The molecule has 1 aliphatic carbocycles. The van der Waals surface area contributed by atoms with Crippen LogP contribution in [0.2, 0.25) is 0 Å². The third-order valence-corrected chi connectivity index (χ3v) is 4.53. The van der Waals surface area contributed by atoms with E-state index in [2.05, 4.69) is 11.4 Å². The van der Waals surface area contributed by atoms with Crippen molar-refractivity contribution in [2.75, 3.05) is 12.4 Å². The van der Waals surface area contributed by atoms with E-state index in [-0.39, 0.29) is 23.2 Å². The average Bonchev–Trinajstić information content (AvgIpc) is 2.48. The van der Waals surface area contributed by atoms with Crippen molar-refractivity contribution in [3.05, 3.63) is 0 Å². The molecule has 1 saturated carbocycles. The maximum absolute atomic E-state index is 11.9. The molecule has 0 bridgehead atoms. The van der Waals surface area contributed by atoms with Crippen molar-refractivity contribution in [3.63, 3.8) is 0 Å². The molecule has 1 amide bonds. The predicted octanol–water partition coefficient (Wildman–Crippen LogP) is 3.26. The van der Waals surface area contributed by atoms with Crippen molar-refractivity contribution in [2.45, 2.75) is 71.1 Å². The van der Waals surface area contributed by atoms with Crippen LogP contribution in [0.1, 0.15) is 53.4 Å². The quantitative estimate of drug-likeness (QED) is 0.786. The lowest BCUT2D eigenvalue weighted by Gasteiger charge is -2.28. The van der Waals surface area contributed by atoms with Gasteiger partial charge in [-0.25, -0.2) is 4.79 Å². The van der Waals surface area contributed by atoms with E-state index in [1.165, 1.54) is 6.92 Å². The van der Waals surface area contributed by atoms with Crippen molar-refractivity contribution in [1.82, 2.24) is 5.32 Å². The summed E-state index contributed by atoms with van der Waals surface area (Å²) in [6, 6.07) is 1.99. The summed E-state index contributed by atoms with van der Waals surface area (Å²) < 4.78 is 11.2. The van der Waals surface area contributed by atoms with Gasteiger partial charge in [-0.15, -0.1) is 0 Å². The maximum Gasteiger partial charge on any atom is 0.407 e. The molecule has 7 heteroatoms. The highest BCUT2D eigenvalue weighted by molar-refractivity contribution is 8.13. The maximum atomic E-state index is 11.9. The fraction of sp³-hybridized carbons (Fsp3) is 0.824. The molecular weight excluding hydrogens is 328 g/mol. The minimum atomic E-state index is -0.577. The van der Waals surface area contributed by atoms with Crippen molar-refractivity contribution in [3.8, 4) is 6.07 Å². The Bertz CT molecular complexity index is 470. The molecule has 0 aromatic rings. The SMILES string of the molecule is CC(=O)SCC(COC1CCCC(C#N)C1)NC(=O)OC(C)(C)C. The second-order valence-electron chi connectivity index (χ2n) is 7.09. The summed E-state index contributed by atoms with van der Waals surface area (Å²) in [5, 5.41) is 11.8. The number of amides is 1. The molecule has 3 unspecified atom stereocenters. The van der Waals surface area contributed by atoms with Crippen LogP contribution in [-0.4, -0.2) is 41.3 Å². The van der Waals surface area contributed by atoms with Gasteiger partial charge >= 0.3 is 6.09 Å². The fourth-order valence-electron chi connectivity index (χ4n) is 2.49. The van der Waals surface area contributed by atoms with E-state index < -0.39 is 11.7 Å². The van der Waals surface area contributed by atoms with Gasteiger partial charge in [0, 0.05) is 18.6 Å². The van der Waals surface area contributed by atoms with Crippen molar-refractivity contribution >= 4 is 23.0 Å². The van der Waals surface area contributed by atoms with Crippen molar-refractivity contribution in [1.29, 1.82) is 5.26 Å². The molecule has 0 aromatic heterocycles. The number of hydrogen-bond donors (Lipinski definition) is 1. The van der Waals surface area contributed by atoms with Crippen molar-refractivity contribution in [2.24, 2.45) is 5.92 Å². The van der Waals surface area contributed by atoms with Crippen LogP contribution in [0.3, 0.4) is 0 Å². The van der Waals surface area contributed by atoms with Gasteiger partial charge in [0.25, 0.3) is 0 Å². The predicted molar refractivity (Wildman–Crippen MR) is 93.6 cm³/mol. The lowest BCUT2D eigenvalue weighted by molar-refractivity contribution is -0.109. The summed E-state index contributed by atoms with van der Waals surface area (Å²) in [6.07, 6.45) is 3.09. The van der Waals surface area contributed by atoms with E-state index in [0.717, 1.165) is 37.4 Å². The zero-order chi connectivity index (χ0) is 18.2. The Balaban J connectivity index is 2.50. The first-order valence-electron chi connectivity index (χ1n) is 8.33. The molecule has 6 nitrogen and oxygen atoms in total. The molecular formula is C17H28N2O4S. The zero-order valence-electron chi connectivity index (χ0n) is 15.0. The molecule has 1 rings (SSSR count). The van der Waals surface area contributed by atoms with Crippen LogP contribution >= 0.6 is 11.8 Å². The minimum absolute atomic E-state index is 0.00630. The number of carbonyl (C=O) groups excluding carboxylic acids is 2. The van der Waals surface area contributed by atoms with E-state index in [0.29, 0.717) is 12.4 Å². The zero-order valence-corrected chi connectivity index (χ0v) is 15.8. The minimum Gasteiger partial charge on any atom is -0.444 e. The Hall–Kier alpha value is -1.26. The number of ether oxygens (including phenoxy) is 2. The lowest BCUT2D eigenvalue weighted by atomic mass is 9.88. The van der Waals surface area contributed by atoms with E-state index in [4.69, 9.17) is 14.7 Å². The van der Waals surface area contributed by atoms with Crippen LogP contribution in [0, 0.1) is 17.2 Å². The standard InChI is InChI=1S/C17H28N2O4S/c1-12(20)24-11-14(19-16(21)23-17(2,3)4)10-22-15-7-5-6-13(8-15)9-18/h13-15H,5-8,10-11H2,1-4H3,(H,19,21). The molecule has 0 heterocycles. The van der Waals surface area contributed by atoms with E-state index in [1.54, 1.807) is 20.8 Å². The van der Waals surface area contributed by atoms with Gasteiger partial charge in [0.15, 0.2) is 5.12 Å². The first-order chi connectivity index (χ1) is 11.2. The second-order valence-corrected chi connectivity index (χ2v) is 8.29. The number of thioether (sulfide) groups is 1. The molecule has 0 spiro atoms. The third kappa shape index (κ3) is 9.14. The van der Waals surface area contributed by atoms with E-state index in [9.17, 15) is 9.59 Å². The van der Waals surface area contributed by atoms with Gasteiger partial charge in [-0.2, -0.15) is 5.26 Å². The molecule has 1 aliphatic rings. The Morgan fingerprint density at radius 3 is 2.67 bits per heavy atom. The monoisotopic (exact) mass is 356 g/mol. The summed E-state index contributed by atoms with van der Waals surface area (Å²) >= 11 is 1.15. The normalized spacial score (nSPS) is 22.3. The van der Waals surface area contributed by atoms with Gasteiger partial charge in [-0.1, -0.05) is 11.8 Å². The first kappa shape index (κ1) is 20.8. The number of rotatable bonds is 6. The summed E-state index contributed by atoms with van der Waals surface area (Å²) in [6.45, 7) is 7.20. The smallest absolute Gasteiger partial charge is 0.407 e. The van der Waals surface area contributed by atoms with Gasteiger partial charge in [0.2, 0.25) is 0 Å². The highest BCUT2D eigenvalue weighted by atomic mass is 32.2. The van der Waals surface area contributed by atoms with Crippen LogP contribution < -0.4 is 5.32 Å². The molecule has 0 aromatic carbocycles. The van der Waals surface area contributed by atoms with Crippen molar-refractivity contribution < 1.29 is 19.1 Å². The summed E-state index contributed by atoms with van der Waals surface area (Å²) in [5.74, 6) is 0.482. The number of nitrogens with zero attached hydrogens (tertiary/aromatic N) is 1. The van der Waals surface area contributed by atoms with E-state index >= 15 is 0 Å². The first-order valence-corrected chi connectivity index (χ1v) is 9.32. The number of carbonyl (C=O) groups is 2.